The third-order valence-corrected chi connectivity index (χ3v) is 6.00. The molecule has 5 heteroatoms. The van der Waals surface area contributed by atoms with Crippen LogP contribution in [0.1, 0.15) is 13.3 Å². The average Bonchev–Trinajstić information content (AvgIpc) is 3.23. The summed E-state index contributed by atoms with van der Waals surface area (Å²) in [5.41, 5.74) is 4.76. The molecule has 4 rings (SSSR count). The molecule has 0 saturated heterocycles. The first-order valence-corrected chi connectivity index (χ1v) is 10.9. The number of anilines is 1. The summed E-state index contributed by atoms with van der Waals surface area (Å²) in [5, 5.41) is 3.49. The first-order chi connectivity index (χ1) is 14.7. The number of H-pyrrole nitrogens is 1. The summed E-state index contributed by atoms with van der Waals surface area (Å²) in [5.74, 6) is -0.0207. The lowest BCUT2D eigenvalue weighted by atomic mass is 10.1. The predicted molar refractivity (Wildman–Crippen MR) is 124 cm³/mol. The molecule has 1 atom stereocenters. The van der Waals surface area contributed by atoms with Gasteiger partial charge in [0.1, 0.15) is 0 Å². The van der Waals surface area contributed by atoms with Gasteiger partial charge in [0, 0.05) is 16.8 Å². The zero-order valence-electron chi connectivity index (χ0n) is 16.7. The monoisotopic (exact) mass is 413 g/mol. The summed E-state index contributed by atoms with van der Waals surface area (Å²) in [7, 11) is 0. The van der Waals surface area contributed by atoms with Gasteiger partial charge in [0.05, 0.1) is 16.6 Å². The van der Waals surface area contributed by atoms with Crippen molar-refractivity contribution < 1.29 is 4.79 Å². The van der Waals surface area contributed by atoms with Crippen molar-refractivity contribution >= 4 is 23.4 Å². The lowest BCUT2D eigenvalue weighted by Crippen LogP contribution is -2.24. The summed E-state index contributed by atoms with van der Waals surface area (Å²) in [6, 6.07) is 29.8. The minimum atomic E-state index is -0.247. The molecule has 1 heterocycles. The summed E-state index contributed by atoms with van der Waals surface area (Å²) in [6.45, 7) is 2.02. The number of carbonyl (C=O) groups excluding carboxylic acids is 1. The van der Waals surface area contributed by atoms with Gasteiger partial charge >= 0.3 is 0 Å². The van der Waals surface area contributed by atoms with E-state index in [1.54, 1.807) is 0 Å². The molecule has 0 spiro atoms. The van der Waals surface area contributed by atoms with Crippen LogP contribution in [0.4, 0.5) is 5.69 Å². The van der Waals surface area contributed by atoms with E-state index in [2.05, 4.69) is 34.6 Å². The molecule has 0 aliphatic heterocycles. The van der Waals surface area contributed by atoms with Gasteiger partial charge in [-0.15, -0.1) is 0 Å². The fourth-order valence-corrected chi connectivity index (χ4v) is 4.13. The van der Waals surface area contributed by atoms with Crippen molar-refractivity contribution in [2.45, 2.75) is 23.8 Å². The van der Waals surface area contributed by atoms with Gasteiger partial charge in [-0.05, 0) is 18.6 Å². The number of aromatic amines is 1. The van der Waals surface area contributed by atoms with E-state index in [4.69, 9.17) is 4.98 Å². The molecule has 2 N–H and O–H groups in total. The second-order valence-corrected chi connectivity index (χ2v) is 8.06. The van der Waals surface area contributed by atoms with Crippen LogP contribution in [0.3, 0.4) is 0 Å². The molecular weight excluding hydrogens is 390 g/mol. The van der Waals surface area contributed by atoms with Crippen LogP contribution in [-0.4, -0.2) is 21.1 Å². The Labute approximate surface area is 180 Å². The molecule has 1 unspecified atom stereocenters. The van der Waals surface area contributed by atoms with Crippen molar-refractivity contribution in [3.8, 4) is 22.5 Å². The molecule has 1 amide bonds. The zero-order chi connectivity index (χ0) is 20.8. The van der Waals surface area contributed by atoms with Gasteiger partial charge in [0.15, 0.2) is 5.16 Å². The molecule has 0 saturated carbocycles. The number of rotatable bonds is 7. The quantitative estimate of drug-likeness (QED) is 0.352. The lowest BCUT2D eigenvalue weighted by molar-refractivity contribution is -0.115. The average molecular weight is 414 g/mol. The number of nitrogens with zero attached hydrogens (tertiary/aromatic N) is 1. The Morgan fingerprint density at radius 3 is 2.07 bits per heavy atom. The van der Waals surface area contributed by atoms with Gasteiger partial charge < -0.3 is 10.3 Å². The highest BCUT2D eigenvalue weighted by Gasteiger charge is 2.22. The number of hydrogen-bond acceptors (Lipinski definition) is 3. The molecule has 3 aromatic carbocycles. The standard InChI is InChI=1S/C25H23N3OS/c1-2-21(24(29)26-20-16-10-5-11-17-20)30-25-27-22(18-12-6-3-7-13-18)23(28-25)19-14-8-4-9-15-19/h3-17,21H,2H2,1H3,(H,26,29)(H,27,28). The number of aromatic nitrogens is 2. The van der Waals surface area contributed by atoms with Crippen molar-refractivity contribution in [3.63, 3.8) is 0 Å². The van der Waals surface area contributed by atoms with Crippen molar-refractivity contribution in [2.24, 2.45) is 0 Å². The minimum Gasteiger partial charge on any atom is -0.332 e. The van der Waals surface area contributed by atoms with Crippen molar-refractivity contribution in [2.75, 3.05) is 5.32 Å². The normalized spacial score (nSPS) is 11.8. The van der Waals surface area contributed by atoms with Crippen LogP contribution < -0.4 is 5.32 Å². The molecular formula is C25H23N3OS. The predicted octanol–water partition coefficient (Wildman–Crippen LogP) is 6.25. The molecule has 4 aromatic rings. The van der Waals surface area contributed by atoms with E-state index in [9.17, 15) is 4.79 Å². The molecule has 0 aliphatic carbocycles. The van der Waals surface area contributed by atoms with Crippen LogP contribution in [-0.2, 0) is 4.79 Å². The highest BCUT2D eigenvalue weighted by atomic mass is 32.2. The van der Waals surface area contributed by atoms with E-state index in [0.29, 0.717) is 6.42 Å². The van der Waals surface area contributed by atoms with Gasteiger partial charge in [-0.1, -0.05) is 97.5 Å². The molecule has 30 heavy (non-hydrogen) atoms. The first kappa shape index (κ1) is 20.0. The third kappa shape index (κ3) is 4.63. The number of carbonyl (C=O) groups is 1. The number of hydrogen-bond donors (Lipinski definition) is 2. The number of imidazole rings is 1. The molecule has 1 aromatic heterocycles. The number of amides is 1. The Morgan fingerprint density at radius 2 is 1.47 bits per heavy atom. The van der Waals surface area contributed by atoms with Crippen molar-refractivity contribution in [1.29, 1.82) is 0 Å². The first-order valence-electron chi connectivity index (χ1n) is 9.98. The van der Waals surface area contributed by atoms with Crippen LogP contribution in [0.5, 0.6) is 0 Å². The Morgan fingerprint density at radius 1 is 0.900 bits per heavy atom. The van der Waals surface area contributed by atoms with Crippen molar-refractivity contribution in [1.82, 2.24) is 9.97 Å². The van der Waals surface area contributed by atoms with E-state index >= 15 is 0 Å². The van der Waals surface area contributed by atoms with E-state index in [0.717, 1.165) is 33.4 Å². The lowest BCUT2D eigenvalue weighted by Gasteiger charge is -2.13. The minimum absolute atomic E-state index is 0.0207. The fraction of sp³-hybridized carbons (Fsp3) is 0.120. The van der Waals surface area contributed by atoms with Gasteiger partial charge in [-0.25, -0.2) is 4.98 Å². The summed E-state index contributed by atoms with van der Waals surface area (Å²) >= 11 is 1.46. The largest absolute Gasteiger partial charge is 0.332 e. The molecule has 0 radical (unpaired) electrons. The van der Waals surface area contributed by atoms with Crippen molar-refractivity contribution in [3.05, 3.63) is 91.0 Å². The van der Waals surface area contributed by atoms with Gasteiger partial charge in [0.2, 0.25) is 5.91 Å². The Balaban J connectivity index is 1.62. The van der Waals surface area contributed by atoms with Crippen LogP contribution >= 0.6 is 11.8 Å². The smallest absolute Gasteiger partial charge is 0.237 e. The second kappa shape index (κ2) is 9.46. The molecule has 4 nitrogen and oxygen atoms in total. The Bertz CT molecular complexity index is 1040. The van der Waals surface area contributed by atoms with Gasteiger partial charge in [-0.2, -0.15) is 0 Å². The topological polar surface area (TPSA) is 57.8 Å². The highest BCUT2D eigenvalue weighted by Crippen LogP contribution is 2.34. The SMILES string of the molecule is CCC(Sc1nc(-c2ccccc2)c(-c2ccccc2)[nH]1)C(=O)Nc1ccccc1. The summed E-state index contributed by atoms with van der Waals surface area (Å²) in [6.07, 6.45) is 0.700. The third-order valence-electron chi connectivity index (χ3n) is 4.75. The fourth-order valence-electron chi connectivity index (χ4n) is 3.23. The van der Waals surface area contributed by atoms with E-state index < -0.39 is 0 Å². The van der Waals surface area contributed by atoms with Crippen LogP contribution in [0.2, 0.25) is 0 Å². The summed E-state index contributed by atoms with van der Waals surface area (Å²) in [4.78, 5) is 21.1. The van der Waals surface area contributed by atoms with Gasteiger partial charge in [0.25, 0.3) is 0 Å². The number of benzene rings is 3. The van der Waals surface area contributed by atoms with Crippen LogP contribution in [0, 0.1) is 0 Å². The molecule has 0 bridgehead atoms. The van der Waals surface area contributed by atoms with E-state index in [1.165, 1.54) is 11.8 Å². The van der Waals surface area contributed by atoms with Gasteiger partial charge in [-0.3, -0.25) is 4.79 Å². The zero-order valence-corrected chi connectivity index (χ0v) is 17.5. The van der Waals surface area contributed by atoms with E-state index in [-0.39, 0.29) is 11.2 Å². The van der Waals surface area contributed by atoms with Crippen LogP contribution in [0.25, 0.3) is 22.5 Å². The van der Waals surface area contributed by atoms with Crippen LogP contribution in [0.15, 0.2) is 96.2 Å². The second-order valence-electron chi connectivity index (χ2n) is 6.87. The molecule has 150 valence electrons. The summed E-state index contributed by atoms with van der Waals surface area (Å²) < 4.78 is 0. The maximum absolute atomic E-state index is 12.8. The maximum atomic E-state index is 12.8. The highest BCUT2D eigenvalue weighted by molar-refractivity contribution is 8.00. The molecule has 0 aliphatic rings. The number of thioether (sulfide) groups is 1. The Hall–Kier alpha value is -3.31. The Kier molecular flexibility index (Phi) is 6.30. The molecule has 0 fully saturated rings. The van der Waals surface area contributed by atoms with E-state index in [1.807, 2.05) is 73.7 Å². The number of para-hydroxylation sites is 1. The maximum Gasteiger partial charge on any atom is 0.237 e. The number of nitrogens with one attached hydrogen (secondary N) is 2.